The van der Waals surface area contributed by atoms with Crippen LogP contribution in [0.1, 0.15) is 10.5 Å². The van der Waals surface area contributed by atoms with Crippen molar-refractivity contribution in [1.82, 2.24) is 9.97 Å². The minimum Gasteiger partial charge on any atom is -0.457 e. The van der Waals surface area contributed by atoms with E-state index in [2.05, 4.69) is 20.6 Å². The molecule has 0 aliphatic carbocycles. The van der Waals surface area contributed by atoms with Crippen LogP contribution in [0.2, 0.25) is 5.02 Å². The summed E-state index contributed by atoms with van der Waals surface area (Å²) in [5, 5.41) is 6.61. The monoisotopic (exact) mass is 563 g/mol. The van der Waals surface area contributed by atoms with Gasteiger partial charge >= 0.3 is 6.03 Å². The van der Waals surface area contributed by atoms with E-state index in [1.54, 1.807) is 24.4 Å². The van der Waals surface area contributed by atoms with Crippen molar-refractivity contribution in [2.45, 2.75) is 0 Å². The number of ether oxygens (including phenoxy) is 1. The van der Waals surface area contributed by atoms with Crippen LogP contribution in [0.3, 0.4) is 0 Å². The second-order valence-electron chi connectivity index (χ2n) is 8.16. The highest BCUT2D eigenvalue weighted by Gasteiger charge is 2.13. The van der Waals surface area contributed by atoms with Gasteiger partial charge in [0.05, 0.1) is 16.9 Å². The number of pyridine rings is 2. The first-order valence-electron chi connectivity index (χ1n) is 11.3. The zero-order chi connectivity index (χ0) is 26.6. The SMILES string of the molecule is Cl.NC(=O)c1cc(Oc2ccc(NC(=O)Nc3cc(Cl)ccc3-c3ccc4ncccc4c3)c(F)c2)ccn1. The highest BCUT2D eigenvalue weighted by molar-refractivity contribution is 6.31. The number of hydrogen-bond donors (Lipinski definition) is 3. The number of rotatable bonds is 6. The van der Waals surface area contributed by atoms with Gasteiger partial charge in [0, 0.05) is 40.5 Å². The summed E-state index contributed by atoms with van der Waals surface area (Å²) >= 11 is 6.19. The molecule has 0 bridgehead atoms. The molecule has 5 aromatic rings. The lowest BCUT2D eigenvalue weighted by Crippen LogP contribution is -2.20. The van der Waals surface area contributed by atoms with Crippen molar-refractivity contribution in [3.8, 4) is 22.6 Å². The Balaban J connectivity index is 0.00000353. The van der Waals surface area contributed by atoms with Crippen LogP contribution >= 0.6 is 24.0 Å². The minimum absolute atomic E-state index is 0. The summed E-state index contributed by atoms with van der Waals surface area (Å²) in [6, 6.07) is 20.8. The summed E-state index contributed by atoms with van der Waals surface area (Å²) in [4.78, 5) is 32.3. The fourth-order valence-corrected chi connectivity index (χ4v) is 3.97. The molecular formula is C28H20Cl2FN5O3. The maximum atomic E-state index is 14.8. The van der Waals surface area contributed by atoms with E-state index in [0.29, 0.717) is 10.7 Å². The Labute approximate surface area is 233 Å². The number of urea groups is 1. The topological polar surface area (TPSA) is 119 Å². The Kier molecular flexibility index (Phi) is 8.24. The van der Waals surface area contributed by atoms with Gasteiger partial charge in [0.25, 0.3) is 5.91 Å². The molecule has 0 spiro atoms. The zero-order valence-electron chi connectivity index (χ0n) is 20.0. The van der Waals surface area contributed by atoms with Gasteiger partial charge in [-0.05, 0) is 54.1 Å². The predicted molar refractivity (Wildman–Crippen MR) is 151 cm³/mol. The second kappa shape index (κ2) is 11.8. The quantitative estimate of drug-likeness (QED) is 0.204. The number of primary amides is 1. The summed E-state index contributed by atoms with van der Waals surface area (Å²) in [7, 11) is 0. The molecule has 5 rings (SSSR count). The lowest BCUT2D eigenvalue weighted by atomic mass is 10.0. The smallest absolute Gasteiger partial charge is 0.323 e. The Morgan fingerprint density at radius 1 is 0.846 bits per heavy atom. The van der Waals surface area contributed by atoms with E-state index in [1.165, 1.54) is 30.5 Å². The van der Waals surface area contributed by atoms with Gasteiger partial charge in [-0.25, -0.2) is 9.18 Å². The normalized spacial score (nSPS) is 10.4. The summed E-state index contributed by atoms with van der Waals surface area (Å²) < 4.78 is 20.4. The van der Waals surface area contributed by atoms with Crippen molar-refractivity contribution < 1.29 is 18.7 Å². The van der Waals surface area contributed by atoms with Crippen LogP contribution < -0.4 is 21.1 Å². The first-order chi connectivity index (χ1) is 18.4. The zero-order valence-corrected chi connectivity index (χ0v) is 21.6. The molecule has 0 atom stereocenters. The van der Waals surface area contributed by atoms with Gasteiger partial charge in [-0.15, -0.1) is 12.4 Å². The third-order valence-electron chi connectivity index (χ3n) is 5.55. The average molecular weight is 564 g/mol. The van der Waals surface area contributed by atoms with E-state index in [4.69, 9.17) is 22.1 Å². The number of nitrogens with two attached hydrogens (primary N) is 1. The molecule has 2 aromatic heterocycles. The number of hydrogen-bond acceptors (Lipinski definition) is 5. The van der Waals surface area contributed by atoms with Gasteiger partial charge in [0.2, 0.25) is 0 Å². The number of aromatic nitrogens is 2. The molecule has 196 valence electrons. The molecule has 11 heteroatoms. The molecule has 3 amide bonds. The number of nitrogens with one attached hydrogen (secondary N) is 2. The molecule has 4 N–H and O–H groups in total. The molecule has 39 heavy (non-hydrogen) atoms. The maximum absolute atomic E-state index is 14.8. The second-order valence-corrected chi connectivity index (χ2v) is 8.60. The van der Waals surface area contributed by atoms with Crippen molar-refractivity contribution in [2.24, 2.45) is 5.73 Å². The van der Waals surface area contributed by atoms with E-state index >= 15 is 0 Å². The van der Waals surface area contributed by atoms with Crippen molar-refractivity contribution in [3.05, 3.63) is 108 Å². The largest absolute Gasteiger partial charge is 0.457 e. The van der Waals surface area contributed by atoms with E-state index < -0.39 is 17.8 Å². The number of carbonyl (C=O) groups excluding carboxylic acids is 2. The van der Waals surface area contributed by atoms with Crippen LogP contribution in [0.5, 0.6) is 11.5 Å². The third-order valence-corrected chi connectivity index (χ3v) is 5.79. The van der Waals surface area contributed by atoms with Gasteiger partial charge < -0.3 is 21.1 Å². The van der Waals surface area contributed by atoms with Crippen LogP contribution in [0, 0.1) is 5.82 Å². The van der Waals surface area contributed by atoms with Crippen molar-refractivity contribution in [3.63, 3.8) is 0 Å². The molecule has 0 saturated heterocycles. The number of carbonyl (C=O) groups is 2. The Bertz CT molecular complexity index is 1700. The van der Waals surface area contributed by atoms with Crippen LogP contribution in [-0.4, -0.2) is 21.9 Å². The van der Waals surface area contributed by atoms with Crippen LogP contribution in [0.15, 0.2) is 91.3 Å². The summed E-state index contributed by atoms with van der Waals surface area (Å²) in [5.41, 5.74) is 8.03. The number of amides is 3. The lowest BCUT2D eigenvalue weighted by Gasteiger charge is -2.14. The fraction of sp³-hybridized carbons (Fsp3) is 0. The Morgan fingerprint density at radius 2 is 1.64 bits per heavy atom. The van der Waals surface area contributed by atoms with E-state index in [-0.39, 0.29) is 35.3 Å². The van der Waals surface area contributed by atoms with Crippen molar-refractivity contribution in [1.29, 1.82) is 0 Å². The summed E-state index contributed by atoms with van der Waals surface area (Å²) in [6.45, 7) is 0. The molecule has 0 aliphatic rings. The average Bonchev–Trinajstić information content (AvgIpc) is 2.90. The summed E-state index contributed by atoms with van der Waals surface area (Å²) in [5.74, 6) is -1.04. The number of fused-ring (bicyclic) bond motifs is 1. The number of nitrogens with zero attached hydrogens (tertiary/aromatic N) is 2. The fourth-order valence-electron chi connectivity index (χ4n) is 3.80. The predicted octanol–water partition coefficient (Wildman–Crippen LogP) is 7.05. The first kappa shape index (κ1) is 27.3. The van der Waals surface area contributed by atoms with Gasteiger partial charge in [0.1, 0.15) is 23.0 Å². The van der Waals surface area contributed by atoms with Gasteiger partial charge in [-0.3, -0.25) is 14.8 Å². The molecule has 0 fully saturated rings. The molecule has 8 nitrogen and oxygen atoms in total. The molecular weight excluding hydrogens is 544 g/mol. The molecule has 0 aliphatic heterocycles. The van der Waals surface area contributed by atoms with Gasteiger partial charge in [-0.1, -0.05) is 29.8 Å². The number of benzene rings is 3. The van der Waals surface area contributed by atoms with Gasteiger partial charge in [-0.2, -0.15) is 0 Å². The maximum Gasteiger partial charge on any atom is 0.323 e. The Hall–Kier alpha value is -4.73. The summed E-state index contributed by atoms with van der Waals surface area (Å²) in [6.07, 6.45) is 3.07. The van der Waals surface area contributed by atoms with Crippen LogP contribution in [0.4, 0.5) is 20.6 Å². The lowest BCUT2D eigenvalue weighted by molar-refractivity contribution is 0.0995. The minimum atomic E-state index is -0.727. The van der Waals surface area contributed by atoms with Gasteiger partial charge in [0.15, 0.2) is 0 Å². The first-order valence-corrected chi connectivity index (χ1v) is 11.7. The molecule has 2 heterocycles. The van der Waals surface area contributed by atoms with Crippen molar-refractivity contribution in [2.75, 3.05) is 10.6 Å². The van der Waals surface area contributed by atoms with Crippen LogP contribution in [-0.2, 0) is 0 Å². The standard InChI is InChI=1S/C28H19ClFN5O3.ClH/c29-18-4-6-21(16-3-7-23-17(12-16)2-1-10-32-23)25(13-18)35-28(37)34-24-8-5-19(14-22(24)30)38-20-9-11-33-26(15-20)27(31)36;/h1-15H,(H2,31,36)(H2,34,35,37);1H. The molecule has 3 aromatic carbocycles. The Morgan fingerprint density at radius 3 is 2.44 bits per heavy atom. The highest BCUT2D eigenvalue weighted by atomic mass is 35.5. The van der Waals surface area contributed by atoms with E-state index in [1.807, 2.05) is 30.3 Å². The highest BCUT2D eigenvalue weighted by Crippen LogP contribution is 2.33. The van der Waals surface area contributed by atoms with Crippen LogP contribution in [0.25, 0.3) is 22.0 Å². The number of anilines is 2. The molecule has 0 saturated carbocycles. The third kappa shape index (κ3) is 6.40. The number of halogens is 3. The van der Waals surface area contributed by atoms with Crippen molar-refractivity contribution >= 4 is 58.2 Å². The molecule has 0 radical (unpaired) electrons. The van der Waals surface area contributed by atoms with E-state index in [9.17, 15) is 14.0 Å². The van der Waals surface area contributed by atoms with E-state index in [0.717, 1.165) is 28.1 Å². The molecule has 0 unspecified atom stereocenters.